The van der Waals surface area contributed by atoms with Crippen LogP contribution in [0, 0.1) is 5.92 Å². The number of benzene rings is 1. The number of ether oxygens (including phenoxy) is 1. The quantitative estimate of drug-likeness (QED) is 0.848. The lowest BCUT2D eigenvalue weighted by Gasteiger charge is -2.30. The maximum absolute atomic E-state index is 12.4. The highest BCUT2D eigenvalue weighted by Crippen LogP contribution is 2.19. The molecule has 0 aromatic heterocycles. The van der Waals surface area contributed by atoms with Crippen LogP contribution in [0.1, 0.15) is 37.0 Å². The highest BCUT2D eigenvalue weighted by atomic mass is 16.5. The molecular weight excluding hydrogens is 254 g/mol. The zero-order chi connectivity index (χ0) is 14.5. The van der Waals surface area contributed by atoms with Crippen molar-refractivity contribution in [3.05, 3.63) is 29.8 Å². The number of likely N-dealkylation sites (tertiary alicyclic amines) is 1. The summed E-state index contributed by atoms with van der Waals surface area (Å²) in [6.45, 7) is 5.59. The molecule has 20 heavy (non-hydrogen) atoms. The van der Waals surface area contributed by atoms with Crippen LogP contribution < -0.4 is 4.74 Å². The van der Waals surface area contributed by atoms with Crippen molar-refractivity contribution >= 4 is 11.7 Å². The number of Topliss-reactive ketones (excluding diaryl/α,β-unsaturated/α-hetero) is 1. The van der Waals surface area contributed by atoms with Gasteiger partial charge in [-0.05, 0) is 24.6 Å². The minimum absolute atomic E-state index is 0.0219. The second-order valence-electron chi connectivity index (χ2n) is 5.24. The van der Waals surface area contributed by atoms with Crippen LogP contribution in [-0.4, -0.2) is 36.3 Å². The molecule has 108 valence electrons. The van der Waals surface area contributed by atoms with E-state index in [1.165, 1.54) is 0 Å². The minimum Gasteiger partial charge on any atom is -0.494 e. The van der Waals surface area contributed by atoms with Crippen LogP contribution in [0.5, 0.6) is 5.75 Å². The van der Waals surface area contributed by atoms with Gasteiger partial charge in [-0.25, -0.2) is 0 Å². The van der Waals surface area contributed by atoms with Crippen molar-refractivity contribution in [3.63, 3.8) is 0 Å². The molecule has 1 amide bonds. The number of rotatable bonds is 4. The fourth-order valence-corrected chi connectivity index (χ4v) is 2.32. The van der Waals surface area contributed by atoms with Crippen molar-refractivity contribution < 1.29 is 14.3 Å². The third-order valence-corrected chi connectivity index (χ3v) is 3.51. The van der Waals surface area contributed by atoms with Crippen LogP contribution in [0.3, 0.4) is 0 Å². The first-order valence-electron chi connectivity index (χ1n) is 7.16. The number of ketones is 1. The van der Waals surface area contributed by atoms with Crippen LogP contribution in [0.25, 0.3) is 0 Å². The lowest BCUT2D eigenvalue weighted by molar-refractivity contribution is -0.124. The Bertz CT molecular complexity index is 498. The van der Waals surface area contributed by atoms with E-state index >= 15 is 0 Å². The van der Waals surface area contributed by atoms with Crippen molar-refractivity contribution in [2.24, 2.45) is 5.92 Å². The van der Waals surface area contributed by atoms with Crippen LogP contribution in [0.2, 0.25) is 0 Å². The van der Waals surface area contributed by atoms with Crippen LogP contribution in [0.15, 0.2) is 24.3 Å². The molecule has 1 heterocycles. The molecule has 1 fully saturated rings. The molecule has 0 bridgehead atoms. The zero-order valence-electron chi connectivity index (χ0n) is 12.1. The fourth-order valence-electron chi connectivity index (χ4n) is 2.32. The van der Waals surface area contributed by atoms with Gasteiger partial charge in [-0.3, -0.25) is 9.59 Å². The van der Waals surface area contributed by atoms with Gasteiger partial charge in [-0.2, -0.15) is 0 Å². The van der Waals surface area contributed by atoms with Gasteiger partial charge in [0.25, 0.3) is 5.91 Å². The Balaban J connectivity index is 2.07. The summed E-state index contributed by atoms with van der Waals surface area (Å²) < 4.78 is 5.55. The van der Waals surface area contributed by atoms with Gasteiger partial charge < -0.3 is 9.64 Å². The Kier molecular flexibility index (Phi) is 4.77. The monoisotopic (exact) mass is 275 g/mol. The number of piperidine rings is 1. The van der Waals surface area contributed by atoms with Gasteiger partial charge in [-0.15, -0.1) is 0 Å². The molecule has 0 spiro atoms. The summed E-state index contributed by atoms with van der Waals surface area (Å²) in [5.41, 5.74) is 0.625. The van der Waals surface area contributed by atoms with E-state index in [4.69, 9.17) is 4.74 Å². The Morgan fingerprint density at radius 2 is 2.25 bits per heavy atom. The number of hydrogen-bond acceptors (Lipinski definition) is 3. The first-order valence-corrected chi connectivity index (χ1v) is 7.16. The van der Waals surface area contributed by atoms with Crippen LogP contribution in [-0.2, 0) is 4.79 Å². The minimum atomic E-state index is -0.0628. The summed E-state index contributed by atoms with van der Waals surface area (Å²) in [6.07, 6.45) is 1.39. The molecule has 4 nitrogen and oxygen atoms in total. The van der Waals surface area contributed by atoms with E-state index in [1.807, 2.05) is 26.0 Å². The molecule has 1 aromatic carbocycles. The molecule has 2 rings (SSSR count). The first-order chi connectivity index (χ1) is 9.61. The van der Waals surface area contributed by atoms with E-state index in [1.54, 1.807) is 17.0 Å². The molecule has 1 unspecified atom stereocenters. The van der Waals surface area contributed by atoms with Crippen LogP contribution >= 0.6 is 0 Å². The van der Waals surface area contributed by atoms with Gasteiger partial charge >= 0.3 is 0 Å². The molecule has 1 atom stereocenters. The first kappa shape index (κ1) is 14.6. The van der Waals surface area contributed by atoms with Crippen molar-refractivity contribution in [1.82, 2.24) is 4.90 Å². The Hall–Kier alpha value is -1.84. The molecule has 0 radical (unpaired) electrons. The lowest BCUT2D eigenvalue weighted by atomic mass is 9.98. The molecule has 1 aliphatic heterocycles. The zero-order valence-corrected chi connectivity index (χ0v) is 12.1. The van der Waals surface area contributed by atoms with E-state index in [0.29, 0.717) is 31.7 Å². The number of hydrogen-bond donors (Lipinski definition) is 0. The summed E-state index contributed by atoms with van der Waals surface area (Å²) >= 11 is 0. The van der Waals surface area contributed by atoms with Crippen molar-refractivity contribution in [1.29, 1.82) is 0 Å². The predicted molar refractivity (Wildman–Crippen MR) is 76.9 cm³/mol. The number of nitrogens with zero attached hydrogens (tertiary/aromatic N) is 1. The smallest absolute Gasteiger partial charge is 0.254 e. The molecular formula is C16H21NO3. The topological polar surface area (TPSA) is 46.6 Å². The lowest BCUT2D eigenvalue weighted by Crippen LogP contribution is -2.43. The molecule has 1 saturated heterocycles. The second kappa shape index (κ2) is 6.55. The van der Waals surface area contributed by atoms with Gasteiger partial charge in [0.1, 0.15) is 11.5 Å². The van der Waals surface area contributed by atoms with Gasteiger partial charge in [0.15, 0.2) is 0 Å². The van der Waals surface area contributed by atoms with E-state index in [2.05, 4.69) is 0 Å². The molecule has 1 aromatic rings. The standard InChI is InChI=1S/C16H21NO3/c1-3-9-20-14-6-4-5-13(10-14)16(19)17-8-7-15(18)12(2)11-17/h4-6,10,12H,3,7-9,11H2,1-2H3. The highest BCUT2D eigenvalue weighted by Gasteiger charge is 2.27. The average Bonchev–Trinajstić information content (AvgIpc) is 2.47. The van der Waals surface area contributed by atoms with E-state index in [0.717, 1.165) is 12.2 Å². The largest absolute Gasteiger partial charge is 0.494 e. The summed E-state index contributed by atoms with van der Waals surface area (Å²) in [5, 5.41) is 0. The highest BCUT2D eigenvalue weighted by molar-refractivity contribution is 5.96. The molecule has 1 aliphatic rings. The average molecular weight is 275 g/mol. The summed E-state index contributed by atoms with van der Waals surface area (Å²) in [5.74, 6) is 0.881. The van der Waals surface area contributed by atoms with Gasteiger partial charge in [0.2, 0.25) is 0 Å². The number of carbonyl (C=O) groups excluding carboxylic acids is 2. The predicted octanol–water partition coefficient (Wildman–Crippen LogP) is 2.53. The van der Waals surface area contributed by atoms with Crippen molar-refractivity contribution in [3.8, 4) is 5.75 Å². The Morgan fingerprint density at radius 3 is 2.95 bits per heavy atom. The molecule has 0 N–H and O–H groups in total. The summed E-state index contributed by atoms with van der Waals surface area (Å²) in [6, 6.07) is 7.26. The summed E-state index contributed by atoms with van der Waals surface area (Å²) in [4.78, 5) is 25.7. The maximum Gasteiger partial charge on any atom is 0.254 e. The fraction of sp³-hybridized carbons (Fsp3) is 0.500. The van der Waals surface area contributed by atoms with Crippen molar-refractivity contribution in [2.45, 2.75) is 26.7 Å². The van der Waals surface area contributed by atoms with E-state index in [9.17, 15) is 9.59 Å². The van der Waals surface area contributed by atoms with Crippen molar-refractivity contribution in [2.75, 3.05) is 19.7 Å². The third kappa shape index (κ3) is 3.38. The number of carbonyl (C=O) groups is 2. The van der Waals surface area contributed by atoms with Gasteiger partial charge in [0, 0.05) is 31.0 Å². The van der Waals surface area contributed by atoms with E-state index in [-0.39, 0.29) is 17.6 Å². The SMILES string of the molecule is CCCOc1cccc(C(=O)N2CCC(=O)C(C)C2)c1. The Labute approximate surface area is 119 Å². The molecule has 0 saturated carbocycles. The molecule has 0 aliphatic carbocycles. The van der Waals surface area contributed by atoms with E-state index < -0.39 is 0 Å². The third-order valence-electron chi connectivity index (χ3n) is 3.51. The van der Waals surface area contributed by atoms with Gasteiger partial charge in [0.05, 0.1) is 6.61 Å². The summed E-state index contributed by atoms with van der Waals surface area (Å²) in [7, 11) is 0. The Morgan fingerprint density at radius 1 is 1.45 bits per heavy atom. The number of amides is 1. The second-order valence-corrected chi connectivity index (χ2v) is 5.24. The molecule has 4 heteroatoms. The normalized spacial score (nSPS) is 19.0. The maximum atomic E-state index is 12.4. The van der Waals surface area contributed by atoms with Crippen LogP contribution in [0.4, 0.5) is 0 Å². The van der Waals surface area contributed by atoms with Gasteiger partial charge in [-0.1, -0.05) is 19.9 Å².